The second-order valence-corrected chi connectivity index (χ2v) is 5.87. The standard InChI is InChI=1S/C17H14Cl2N2O3/c1-23-14-4-2-3-5-15(14)24-7-6-21-10-20-16-12(17(21)22)8-11(18)9-13(16)19/h2-5,8-10H,6-7H2,1H3. The zero-order valence-corrected chi connectivity index (χ0v) is 14.3. The third-order valence-electron chi connectivity index (χ3n) is 3.50. The maximum absolute atomic E-state index is 12.5. The first-order valence-electron chi connectivity index (χ1n) is 7.20. The van der Waals surface area contributed by atoms with Gasteiger partial charge < -0.3 is 9.47 Å². The Labute approximate surface area is 148 Å². The molecule has 7 heteroatoms. The van der Waals surface area contributed by atoms with Crippen LogP contribution in [0.5, 0.6) is 11.5 Å². The van der Waals surface area contributed by atoms with Gasteiger partial charge in [0.2, 0.25) is 0 Å². The molecule has 0 aliphatic carbocycles. The third-order valence-corrected chi connectivity index (χ3v) is 4.01. The van der Waals surface area contributed by atoms with E-state index in [1.165, 1.54) is 10.9 Å². The molecule has 0 bridgehead atoms. The zero-order chi connectivity index (χ0) is 17.1. The van der Waals surface area contributed by atoms with Crippen molar-refractivity contribution < 1.29 is 9.47 Å². The maximum Gasteiger partial charge on any atom is 0.261 e. The highest BCUT2D eigenvalue weighted by atomic mass is 35.5. The van der Waals surface area contributed by atoms with Gasteiger partial charge in [-0.3, -0.25) is 9.36 Å². The van der Waals surface area contributed by atoms with Gasteiger partial charge in [-0.2, -0.15) is 0 Å². The number of hydrogen-bond donors (Lipinski definition) is 0. The van der Waals surface area contributed by atoms with E-state index in [9.17, 15) is 4.79 Å². The van der Waals surface area contributed by atoms with E-state index in [1.54, 1.807) is 25.3 Å². The molecule has 5 nitrogen and oxygen atoms in total. The van der Waals surface area contributed by atoms with Crippen molar-refractivity contribution in [2.24, 2.45) is 0 Å². The van der Waals surface area contributed by atoms with Crippen molar-refractivity contribution in [3.8, 4) is 11.5 Å². The SMILES string of the molecule is COc1ccccc1OCCn1cnc2c(Cl)cc(Cl)cc2c1=O. The molecule has 24 heavy (non-hydrogen) atoms. The average molecular weight is 365 g/mol. The molecule has 3 rings (SSSR count). The molecule has 0 spiro atoms. The molecule has 0 N–H and O–H groups in total. The third kappa shape index (κ3) is 3.32. The second-order valence-electron chi connectivity index (χ2n) is 5.03. The number of ether oxygens (including phenoxy) is 2. The van der Waals surface area contributed by atoms with Crippen LogP contribution in [0.15, 0.2) is 47.5 Å². The van der Waals surface area contributed by atoms with Crippen molar-refractivity contribution in [1.82, 2.24) is 9.55 Å². The van der Waals surface area contributed by atoms with Crippen molar-refractivity contribution in [1.29, 1.82) is 0 Å². The number of para-hydroxylation sites is 2. The largest absolute Gasteiger partial charge is 0.493 e. The predicted octanol–water partition coefficient (Wildman–Crippen LogP) is 3.79. The Hall–Kier alpha value is -2.24. The smallest absolute Gasteiger partial charge is 0.261 e. The molecule has 0 fully saturated rings. The Morgan fingerprint density at radius 2 is 1.92 bits per heavy atom. The molecule has 0 aliphatic rings. The summed E-state index contributed by atoms with van der Waals surface area (Å²) in [5.41, 5.74) is 0.223. The predicted molar refractivity (Wildman–Crippen MR) is 94.5 cm³/mol. The summed E-state index contributed by atoms with van der Waals surface area (Å²) < 4.78 is 12.4. The van der Waals surface area contributed by atoms with E-state index in [1.807, 2.05) is 18.2 Å². The van der Waals surface area contributed by atoms with Crippen LogP contribution < -0.4 is 15.0 Å². The first-order chi connectivity index (χ1) is 11.6. The summed E-state index contributed by atoms with van der Waals surface area (Å²) in [6, 6.07) is 10.5. The maximum atomic E-state index is 12.5. The van der Waals surface area contributed by atoms with Crippen molar-refractivity contribution in [2.75, 3.05) is 13.7 Å². The van der Waals surface area contributed by atoms with Crippen LogP contribution in [0.3, 0.4) is 0 Å². The van der Waals surface area contributed by atoms with Crippen LogP contribution in [0.2, 0.25) is 10.0 Å². The molecular formula is C17H14Cl2N2O3. The van der Waals surface area contributed by atoms with Crippen molar-refractivity contribution >= 4 is 34.1 Å². The lowest BCUT2D eigenvalue weighted by atomic mass is 10.2. The van der Waals surface area contributed by atoms with Crippen LogP contribution in [0.25, 0.3) is 10.9 Å². The molecule has 0 aliphatic heterocycles. The Morgan fingerprint density at radius 3 is 2.67 bits per heavy atom. The molecule has 0 amide bonds. The van der Waals surface area contributed by atoms with Crippen LogP contribution in [0.1, 0.15) is 0 Å². The number of nitrogens with zero attached hydrogens (tertiary/aromatic N) is 2. The van der Waals surface area contributed by atoms with Crippen LogP contribution in [0.4, 0.5) is 0 Å². The fraction of sp³-hybridized carbons (Fsp3) is 0.176. The summed E-state index contributed by atoms with van der Waals surface area (Å²) in [6.45, 7) is 0.631. The summed E-state index contributed by atoms with van der Waals surface area (Å²) in [6.07, 6.45) is 1.45. The molecule has 0 atom stereocenters. The van der Waals surface area contributed by atoms with E-state index in [4.69, 9.17) is 32.7 Å². The van der Waals surface area contributed by atoms with Gasteiger partial charge >= 0.3 is 0 Å². The Morgan fingerprint density at radius 1 is 1.17 bits per heavy atom. The van der Waals surface area contributed by atoms with Gasteiger partial charge in [0.15, 0.2) is 11.5 Å². The highest BCUT2D eigenvalue weighted by molar-refractivity contribution is 6.38. The van der Waals surface area contributed by atoms with Gasteiger partial charge in [-0.25, -0.2) is 4.98 Å². The van der Waals surface area contributed by atoms with E-state index in [2.05, 4.69) is 4.98 Å². The van der Waals surface area contributed by atoms with Crippen LogP contribution in [-0.4, -0.2) is 23.3 Å². The van der Waals surface area contributed by atoms with Gasteiger partial charge in [-0.1, -0.05) is 35.3 Å². The van der Waals surface area contributed by atoms with Gasteiger partial charge in [0, 0.05) is 5.02 Å². The summed E-state index contributed by atoms with van der Waals surface area (Å²) >= 11 is 12.0. The van der Waals surface area contributed by atoms with E-state index in [0.29, 0.717) is 45.6 Å². The van der Waals surface area contributed by atoms with Crippen molar-refractivity contribution in [3.05, 3.63) is 63.1 Å². The summed E-state index contributed by atoms with van der Waals surface area (Å²) in [5.74, 6) is 1.26. The van der Waals surface area contributed by atoms with E-state index in [-0.39, 0.29) is 5.56 Å². The van der Waals surface area contributed by atoms with E-state index in [0.717, 1.165) is 0 Å². The van der Waals surface area contributed by atoms with Crippen LogP contribution in [-0.2, 0) is 6.54 Å². The van der Waals surface area contributed by atoms with Gasteiger partial charge in [0.25, 0.3) is 5.56 Å². The number of fused-ring (bicyclic) bond motifs is 1. The molecule has 1 aromatic heterocycles. The molecule has 3 aromatic rings. The monoisotopic (exact) mass is 364 g/mol. The minimum atomic E-state index is -0.215. The lowest BCUT2D eigenvalue weighted by molar-refractivity contribution is 0.278. The highest BCUT2D eigenvalue weighted by Crippen LogP contribution is 2.26. The van der Waals surface area contributed by atoms with Crippen LogP contribution in [0, 0.1) is 0 Å². The number of benzene rings is 2. The topological polar surface area (TPSA) is 53.4 Å². The van der Waals surface area contributed by atoms with Crippen LogP contribution >= 0.6 is 23.2 Å². The zero-order valence-electron chi connectivity index (χ0n) is 12.8. The first kappa shape index (κ1) is 16.6. The fourth-order valence-electron chi connectivity index (χ4n) is 2.35. The minimum Gasteiger partial charge on any atom is -0.493 e. The van der Waals surface area contributed by atoms with Crippen molar-refractivity contribution in [3.63, 3.8) is 0 Å². The molecule has 2 aromatic carbocycles. The molecule has 0 saturated heterocycles. The van der Waals surface area contributed by atoms with E-state index < -0.39 is 0 Å². The summed E-state index contributed by atoms with van der Waals surface area (Å²) in [4.78, 5) is 16.8. The number of aromatic nitrogens is 2. The Kier molecular flexibility index (Phi) is 4.92. The molecule has 0 radical (unpaired) electrons. The number of halogens is 2. The molecule has 1 heterocycles. The van der Waals surface area contributed by atoms with Gasteiger partial charge in [-0.05, 0) is 24.3 Å². The summed E-state index contributed by atoms with van der Waals surface area (Å²) in [7, 11) is 1.58. The highest BCUT2D eigenvalue weighted by Gasteiger charge is 2.09. The normalized spacial score (nSPS) is 10.8. The molecule has 0 unspecified atom stereocenters. The minimum absolute atomic E-state index is 0.215. The lowest BCUT2D eigenvalue weighted by Crippen LogP contribution is -2.23. The Bertz CT molecular complexity index is 941. The summed E-state index contributed by atoms with van der Waals surface area (Å²) in [5, 5.41) is 1.13. The number of hydrogen-bond acceptors (Lipinski definition) is 4. The average Bonchev–Trinajstić information content (AvgIpc) is 2.58. The second kappa shape index (κ2) is 7.11. The molecular weight excluding hydrogens is 351 g/mol. The van der Waals surface area contributed by atoms with Gasteiger partial charge in [0.1, 0.15) is 6.61 Å². The fourth-order valence-corrected chi connectivity index (χ4v) is 2.89. The van der Waals surface area contributed by atoms with E-state index >= 15 is 0 Å². The molecule has 0 saturated carbocycles. The Balaban J connectivity index is 1.81. The van der Waals surface area contributed by atoms with Gasteiger partial charge in [-0.15, -0.1) is 0 Å². The first-order valence-corrected chi connectivity index (χ1v) is 7.96. The van der Waals surface area contributed by atoms with Crippen molar-refractivity contribution in [2.45, 2.75) is 6.54 Å². The quantitative estimate of drug-likeness (QED) is 0.690. The lowest BCUT2D eigenvalue weighted by Gasteiger charge is -2.11. The van der Waals surface area contributed by atoms with Gasteiger partial charge in [0.05, 0.1) is 35.9 Å². The number of methoxy groups -OCH3 is 1. The molecule has 124 valence electrons. The number of rotatable bonds is 5.